The lowest BCUT2D eigenvalue weighted by Crippen LogP contribution is -2.36. The Kier molecular flexibility index (Phi) is 15.9. The van der Waals surface area contributed by atoms with Gasteiger partial charge in [0.2, 0.25) is 5.95 Å². The zero-order chi connectivity index (χ0) is 54.7. The Hall–Kier alpha value is -5.13. The zero-order valence-corrected chi connectivity index (χ0v) is 43.3. The van der Waals surface area contributed by atoms with E-state index in [2.05, 4.69) is 28.9 Å². The van der Waals surface area contributed by atoms with Gasteiger partial charge >= 0.3 is 29.4 Å². The summed E-state index contributed by atoms with van der Waals surface area (Å²) in [5, 5.41) is 20.3. The summed E-state index contributed by atoms with van der Waals surface area (Å²) in [5.41, 5.74) is 7.98. The van der Waals surface area contributed by atoms with Crippen molar-refractivity contribution < 1.29 is 101 Å². The molecule has 400 valence electrons. The molecule has 1 amide bonds. The molecule has 31 nitrogen and oxygen atoms in total. The SMILES string of the molecule is CC(C)(CNC(=O)c1ccc(-c2c3ccc(=N)c(S(=O)(=O)O)c-3oc3c(S(=O)(=O)O)c(N)ccc23)c(C(=O)O)c1)SSCOC1C[C@H](n2cnc3c(=O)[nH]c(N)nc32)O[C@@H]1COP(=O)(O)OP(=O)(O)OP(=O)(O)O. The van der Waals surface area contributed by atoms with Crippen LogP contribution in [0.3, 0.4) is 0 Å². The number of carboxylic acid groups (broad SMARTS) is 1. The van der Waals surface area contributed by atoms with E-state index in [0.717, 1.165) is 35.1 Å². The number of nitrogens with one attached hydrogen (secondary N) is 3. The zero-order valence-electron chi connectivity index (χ0n) is 37.3. The molecule has 38 heteroatoms. The van der Waals surface area contributed by atoms with Gasteiger partial charge < -0.3 is 55.4 Å². The van der Waals surface area contributed by atoms with E-state index in [9.17, 15) is 68.9 Å². The molecule has 7 rings (SSSR count). The van der Waals surface area contributed by atoms with E-state index in [4.69, 9.17) is 45.1 Å². The molecule has 0 spiro atoms. The number of carbonyl (C=O) groups excluding carboxylic acids is 1. The minimum absolute atomic E-state index is 0.0224. The van der Waals surface area contributed by atoms with E-state index in [1.165, 1.54) is 39.9 Å². The van der Waals surface area contributed by atoms with Crippen LogP contribution >= 0.6 is 45.1 Å². The number of nitrogens with two attached hydrogens (primary N) is 2. The van der Waals surface area contributed by atoms with E-state index >= 15 is 0 Å². The molecule has 4 aromatic rings. The predicted octanol–water partition coefficient (Wildman–Crippen LogP) is 3.04. The second kappa shape index (κ2) is 20.8. The number of carboxylic acids is 1. The van der Waals surface area contributed by atoms with Crippen molar-refractivity contribution in [3.8, 4) is 22.5 Å². The van der Waals surface area contributed by atoms with Gasteiger partial charge in [0.05, 0.1) is 35.6 Å². The number of benzene rings is 3. The number of imidazole rings is 1. The lowest BCUT2D eigenvalue weighted by atomic mass is 9.89. The monoisotopic (exact) mass is 1170 g/mol. The molecular weight excluding hydrogens is 1130 g/mol. The van der Waals surface area contributed by atoms with Gasteiger partial charge in [0.1, 0.15) is 18.3 Å². The Balaban J connectivity index is 1.07. The largest absolute Gasteiger partial charge is 0.490 e. The Morgan fingerprint density at radius 2 is 1.66 bits per heavy atom. The molecule has 0 saturated carbocycles. The number of H-pyrrole nitrogens is 1. The maximum absolute atomic E-state index is 13.6. The molecule has 1 saturated heterocycles. The maximum Gasteiger partial charge on any atom is 0.490 e. The van der Waals surface area contributed by atoms with Gasteiger partial charge in [-0.05, 0) is 55.8 Å². The van der Waals surface area contributed by atoms with E-state index in [-0.39, 0.29) is 63.7 Å². The highest BCUT2D eigenvalue weighted by Gasteiger charge is 2.44. The first-order valence-corrected chi connectivity index (χ1v) is 29.9. The van der Waals surface area contributed by atoms with Crippen molar-refractivity contribution in [2.45, 2.75) is 53.2 Å². The summed E-state index contributed by atoms with van der Waals surface area (Å²) < 4.78 is 136. The number of carbonyl (C=O) groups is 2. The first kappa shape index (κ1) is 56.6. The molecule has 2 aromatic heterocycles. The van der Waals surface area contributed by atoms with Crippen molar-refractivity contribution in [3.05, 3.63) is 75.6 Å². The minimum atomic E-state index is -5.87. The van der Waals surface area contributed by atoms with E-state index < -0.39 is 129 Å². The quantitative estimate of drug-likeness (QED) is 0.00994. The second-order valence-electron chi connectivity index (χ2n) is 16.2. The Bertz CT molecular complexity index is 3740. The van der Waals surface area contributed by atoms with Gasteiger partial charge in [-0.1, -0.05) is 27.7 Å². The third-order valence-electron chi connectivity index (χ3n) is 10.3. The van der Waals surface area contributed by atoms with Crippen LogP contribution in [0.1, 0.15) is 47.2 Å². The fourth-order valence-corrected chi connectivity index (χ4v) is 14.1. The van der Waals surface area contributed by atoms with E-state index in [0.29, 0.717) is 0 Å². The number of phosphoric ester groups is 1. The number of hydrogen-bond donors (Lipinski definition) is 12. The number of anilines is 2. The molecular formula is C36H39N8O23P3S4. The topological polar surface area (TPSA) is 506 Å². The number of rotatable bonds is 20. The van der Waals surface area contributed by atoms with Gasteiger partial charge in [-0.3, -0.25) is 38.2 Å². The van der Waals surface area contributed by atoms with Crippen LogP contribution in [0.4, 0.5) is 11.6 Å². The average molecular weight is 1170 g/mol. The van der Waals surface area contributed by atoms with Gasteiger partial charge in [0, 0.05) is 39.8 Å². The third kappa shape index (κ3) is 12.7. The molecule has 2 aliphatic heterocycles. The maximum atomic E-state index is 13.6. The molecule has 3 unspecified atom stereocenters. The lowest BCUT2D eigenvalue weighted by molar-refractivity contribution is -0.0522. The number of fused-ring (bicyclic) bond motifs is 3. The normalized spacial score (nSPS) is 18.4. The molecule has 74 heavy (non-hydrogen) atoms. The van der Waals surface area contributed by atoms with Crippen molar-refractivity contribution in [1.29, 1.82) is 5.41 Å². The molecule has 0 bridgehead atoms. The Morgan fingerprint density at radius 3 is 2.31 bits per heavy atom. The minimum Gasteiger partial charge on any atom is -0.478 e. The van der Waals surface area contributed by atoms with Crippen molar-refractivity contribution >= 4 is 111 Å². The molecule has 1 aliphatic carbocycles. The number of aromatic nitrogens is 4. The fraction of sp³-hybridized carbons (Fsp3) is 0.278. The summed E-state index contributed by atoms with van der Waals surface area (Å²) in [4.78, 5) is 84.5. The van der Waals surface area contributed by atoms with Crippen LogP contribution in [0.2, 0.25) is 0 Å². The van der Waals surface area contributed by atoms with Crippen LogP contribution in [-0.2, 0) is 56.6 Å². The number of ether oxygens (including phenoxy) is 2. The van der Waals surface area contributed by atoms with Crippen molar-refractivity contribution in [2.75, 3.05) is 30.6 Å². The molecule has 5 atom stereocenters. The highest BCUT2D eigenvalue weighted by atomic mass is 33.1. The molecule has 14 N–H and O–H groups in total. The van der Waals surface area contributed by atoms with Gasteiger partial charge in [-0.25, -0.2) is 23.5 Å². The molecule has 0 radical (unpaired) electrons. The van der Waals surface area contributed by atoms with Gasteiger partial charge in [-0.2, -0.15) is 30.4 Å². The average Bonchev–Trinajstić information content (AvgIpc) is 3.87. The van der Waals surface area contributed by atoms with Crippen molar-refractivity contribution in [1.82, 2.24) is 24.8 Å². The summed E-state index contributed by atoms with van der Waals surface area (Å²) in [5.74, 6) is -3.62. The van der Waals surface area contributed by atoms with Crippen LogP contribution in [-0.4, -0.2) is 118 Å². The number of aromatic carboxylic acids is 1. The first-order valence-electron chi connectivity index (χ1n) is 20.2. The summed E-state index contributed by atoms with van der Waals surface area (Å²) in [6, 6.07) is 7.71. The summed E-state index contributed by atoms with van der Waals surface area (Å²) in [6.45, 7) is 2.45. The number of nitrogens with zero attached hydrogens (tertiary/aromatic N) is 3. The smallest absolute Gasteiger partial charge is 0.478 e. The van der Waals surface area contributed by atoms with Crippen molar-refractivity contribution in [2.24, 2.45) is 0 Å². The molecule has 4 heterocycles. The van der Waals surface area contributed by atoms with E-state index in [1.807, 2.05) is 0 Å². The summed E-state index contributed by atoms with van der Waals surface area (Å²) in [6.07, 6.45) is -2.26. The number of amides is 1. The number of hydrogen-bond acceptors (Lipinski definition) is 23. The van der Waals surface area contributed by atoms with Gasteiger partial charge in [-0.15, -0.1) is 0 Å². The number of nitrogen functional groups attached to an aromatic ring is 2. The second-order valence-corrected chi connectivity index (χ2v) is 26.3. The molecule has 3 aliphatic rings. The summed E-state index contributed by atoms with van der Waals surface area (Å²) in [7, 11) is -25.4. The highest BCUT2D eigenvalue weighted by molar-refractivity contribution is 8.77. The lowest BCUT2D eigenvalue weighted by Gasteiger charge is -2.25. The van der Waals surface area contributed by atoms with Gasteiger partial charge in [0.15, 0.2) is 32.3 Å². The molecule has 1 fully saturated rings. The van der Waals surface area contributed by atoms with Gasteiger partial charge in [0.25, 0.3) is 31.7 Å². The van der Waals surface area contributed by atoms with E-state index in [1.54, 1.807) is 13.8 Å². The number of phosphoric acid groups is 3. The first-order chi connectivity index (χ1) is 34.2. The van der Waals surface area contributed by atoms with Crippen LogP contribution in [0.15, 0.2) is 67.8 Å². The molecule has 2 aromatic carbocycles. The Labute approximate surface area is 422 Å². The predicted molar refractivity (Wildman–Crippen MR) is 257 cm³/mol. The summed E-state index contributed by atoms with van der Waals surface area (Å²) >= 11 is 0. The third-order valence-corrected chi connectivity index (χ3v) is 18.9. The van der Waals surface area contributed by atoms with Crippen LogP contribution in [0.25, 0.3) is 44.6 Å². The van der Waals surface area contributed by atoms with Crippen molar-refractivity contribution in [3.63, 3.8) is 0 Å². The van der Waals surface area contributed by atoms with Crippen LogP contribution < -0.4 is 27.7 Å². The van der Waals surface area contributed by atoms with Crippen LogP contribution in [0.5, 0.6) is 0 Å². The van der Waals surface area contributed by atoms with Crippen LogP contribution in [0, 0.1) is 5.41 Å². The Morgan fingerprint density at radius 1 is 0.986 bits per heavy atom. The standard InChI is InChI=1S/C36H39N8O23P3S4/c1-36(2,72-71-14-62-22-10-24(44-13-41-26-31(44)42-35(39)43-33(26)46)64-23(22)11-63-69(52,53)67-70(54,55)66-68(49,50)51)12-40-32(45)15-3-4-16(19(9-15)34(47)48)25-17-5-7-20(37)29(73(56,57)58)27(17)65-28-18(25)6-8-21(38)30(28)74(59,60)61/h3-9,13,22-24,37H,10-12,14,38H2,1-2H3,(H,40,45)(H,47,48)(H,52,53)(H,54,55)(H2,49,50,51)(H,56,57,58)(H,59,60,61)(H3,39,42,43,46)/t22?,23-,24-/m1/s1. The highest BCUT2D eigenvalue weighted by Crippen LogP contribution is 2.66. The fourth-order valence-electron chi connectivity index (χ4n) is 7.42. The number of aromatic amines is 1.